The van der Waals surface area contributed by atoms with Crippen LogP contribution in [-0.2, 0) is 19.3 Å². The van der Waals surface area contributed by atoms with Gasteiger partial charge in [-0.3, -0.25) is 5.10 Å². The van der Waals surface area contributed by atoms with Crippen molar-refractivity contribution in [3.8, 4) is 0 Å². The highest BCUT2D eigenvalue weighted by Gasteiger charge is 2.32. The zero-order chi connectivity index (χ0) is 17.0. The van der Waals surface area contributed by atoms with Crippen molar-refractivity contribution in [2.75, 3.05) is 13.1 Å². The molecule has 0 bridgehead atoms. The predicted octanol–water partition coefficient (Wildman–Crippen LogP) is 2.76. The number of hydrogen-bond donors (Lipinski definition) is 3. The maximum absolute atomic E-state index is 12.0. The molecular formula is C19H26N4O. The highest BCUT2D eigenvalue weighted by atomic mass is 16.2. The molecule has 0 aliphatic heterocycles. The van der Waals surface area contributed by atoms with Crippen LogP contribution >= 0.6 is 0 Å². The van der Waals surface area contributed by atoms with E-state index in [1.807, 2.05) is 13.1 Å². The Hall–Kier alpha value is -2.30. The second-order valence-electron chi connectivity index (χ2n) is 7.17. The summed E-state index contributed by atoms with van der Waals surface area (Å²) in [6.07, 6.45) is 5.76. The minimum absolute atomic E-state index is 0.0731. The summed E-state index contributed by atoms with van der Waals surface area (Å²) in [5, 5.41) is 12.9. The maximum atomic E-state index is 12.0. The molecule has 2 amide bonds. The van der Waals surface area contributed by atoms with Crippen LogP contribution in [0.4, 0.5) is 4.79 Å². The third kappa shape index (κ3) is 3.96. The molecule has 1 aliphatic carbocycles. The molecule has 0 radical (unpaired) electrons. The standard InChI is InChI=1S/C19H26N4O/c1-14-17(12-22-23-14)8-5-9-20-18(24)21-13-19(2)10-15-6-3-4-7-16(15)11-19/h3-4,6-7,12H,5,8-11,13H2,1-2H3,(H,22,23)(H2,20,21,24). The largest absolute Gasteiger partial charge is 0.338 e. The van der Waals surface area contributed by atoms with E-state index in [4.69, 9.17) is 0 Å². The fraction of sp³-hybridized carbons (Fsp3) is 0.474. The van der Waals surface area contributed by atoms with E-state index in [0.29, 0.717) is 13.1 Å². The number of amides is 2. The van der Waals surface area contributed by atoms with E-state index < -0.39 is 0 Å². The van der Waals surface area contributed by atoms with Crippen molar-refractivity contribution >= 4 is 6.03 Å². The van der Waals surface area contributed by atoms with Crippen LogP contribution in [0.25, 0.3) is 0 Å². The monoisotopic (exact) mass is 326 g/mol. The van der Waals surface area contributed by atoms with E-state index in [1.165, 1.54) is 16.7 Å². The van der Waals surface area contributed by atoms with Crippen LogP contribution in [0, 0.1) is 12.3 Å². The molecule has 3 rings (SSSR count). The van der Waals surface area contributed by atoms with Crippen molar-refractivity contribution < 1.29 is 4.79 Å². The molecule has 128 valence electrons. The Kier molecular flexibility index (Phi) is 4.88. The summed E-state index contributed by atoms with van der Waals surface area (Å²) in [6, 6.07) is 8.49. The van der Waals surface area contributed by atoms with E-state index >= 15 is 0 Å². The summed E-state index contributed by atoms with van der Waals surface area (Å²) in [4.78, 5) is 12.0. The Bertz CT molecular complexity index is 682. The Balaban J connectivity index is 1.36. The highest BCUT2D eigenvalue weighted by Crippen LogP contribution is 2.35. The Labute approximate surface area is 143 Å². The first-order chi connectivity index (χ1) is 11.6. The van der Waals surface area contributed by atoms with Gasteiger partial charge in [-0.1, -0.05) is 31.2 Å². The van der Waals surface area contributed by atoms with Gasteiger partial charge in [0.1, 0.15) is 0 Å². The number of carbonyl (C=O) groups excluding carboxylic acids is 1. The number of H-pyrrole nitrogens is 1. The highest BCUT2D eigenvalue weighted by molar-refractivity contribution is 5.73. The summed E-state index contributed by atoms with van der Waals surface area (Å²) in [5.41, 5.74) is 5.27. The normalized spacial score (nSPS) is 15.1. The van der Waals surface area contributed by atoms with Gasteiger partial charge < -0.3 is 10.6 Å². The zero-order valence-corrected chi connectivity index (χ0v) is 14.5. The number of nitrogens with one attached hydrogen (secondary N) is 3. The minimum atomic E-state index is -0.0731. The smallest absolute Gasteiger partial charge is 0.314 e. The lowest BCUT2D eigenvalue weighted by atomic mass is 9.87. The number of carbonyl (C=O) groups is 1. The maximum Gasteiger partial charge on any atom is 0.314 e. The Morgan fingerprint density at radius 3 is 2.58 bits per heavy atom. The number of aromatic amines is 1. The lowest BCUT2D eigenvalue weighted by Gasteiger charge is -2.24. The molecule has 24 heavy (non-hydrogen) atoms. The number of hydrogen-bond acceptors (Lipinski definition) is 2. The third-order valence-electron chi connectivity index (χ3n) is 4.87. The van der Waals surface area contributed by atoms with Gasteiger partial charge in [0.2, 0.25) is 0 Å². The molecule has 1 aromatic heterocycles. The molecule has 0 atom stereocenters. The number of urea groups is 1. The number of rotatable bonds is 6. The molecule has 0 saturated carbocycles. The van der Waals surface area contributed by atoms with Gasteiger partial charge in [-0.2, -0.15) is 5.10 Å². The van der Waals surface area contributed by atoms with Crippen LogP contribution in [0.15, 0.2) is 30.5 Å². The van der Waals surface area contributed by atoms with Crippen molar-refractivity contribution in [2.45, 2.75) is 39.5 Å². The molecule has 2 aromatic rings. The molecular weight excluding hydrogens is 300 g/mol. The van der Waals surface area contributed by atoms with Crippen LogP contribution < -0.4 is 10.6 Å². The third-order valence-corrected chi connectivity index (χ3v) is 4.87. The molecule has 1 aromatic carbocycles. The molecule has 5 heteroatoms. The Morgan fingerprint density at radius 1 is 1.25 bits per heavy atom. The van der Waals surface area contributed by atoms with Crippen molar-refractivity contribution in [3.05, 3.63) is 52.8 Å². The first kappa shape index (κ1) is 16.6. The summed E-state index contributed by atoms with van der Waals surface area (Å²) >= 11 is 0. The summed E-state index contributed by atoms with van der Waals surface area (Å²) in [7, 11) is 0. The first-order valence-electron chi connectivity index (χ1n) is 8.63. The summed E-state index contributed by atoms with van der Waals surface area (Å²) < 4.78 is 0. The van der Waals surface area contributed by atoms with Gasteiger partial charge in [0, 0.05) is 18.8 Å². The van der Waals surface area contributed by atoms with Crippen molar-refractivity contribution in [1.29, 1.82) is 0 Å². The molecule has 0 unspecified atom stereocenters. The minimum Gasteiger partial charge on any atom is -0.338 e. The molecule has 5 nitrogen and oxygen atoms in total. The molecule has 1 aliphatic rings. The number of aryl methyl sites for hydroxylation is 2. The van der Waals surface area contributed by atoms with E-state index in [2.05, 4.69) is 52.0 Å². The molecule has 1 heterocycles. The van der Waals surface area contributed by atoms with Crippen LogP contribution in [0.3, 0.4) is 0 Å². The fourth-order valence-electron chi connectivity index (χ4n) is 3.47. The number of fused-ring (bicyclic) bond motifs is 1. The SMILES string of the molecule is Cc1[nH]ncc1CCCNC(=O)NCC1(C)Cc2ccccc2C1. The van der Waals surface area contributed by atoms with Crippen LogP contribution in [0.1, 0.15) is 35.7 Å². The average molecular weight is 326 g/mol. The van der Waals surface area contributed by atoms with Crippen LogP contribution in [-0.4, -0.2) is 29.3 Å². The lowest BCUT2D eigenvalue weighted by Crippen LogP contribution is -2.42. The quantitative estimate of drug-likeness (QED) is 0.714. The summed E-state index contributed by atoms with van der Waals surface area (Å²) in [6.45, 7) is 5.64. The second kappa shape index (κ2) is 7.07. The Morgan fingerprint density at radius 2 is 1.96 bits per heavy atom. The second-order valence-corrected chi connectivity index (χ2v) is 7.17. The van der Waals surface area contributed by atoms with Crippen molar-refractivity contribution in [2.24, 2.45) is 5.41 Å². The van der Waals surface area contributed by atoms with E-state index in [1.54, 1.807) is 0 Å². The van der Waals surface area contributed by atoms with Gasteiger partial charge in [-0.25, -0.2) is 4.79 Å². The topological polar surface area (TPSA) is 69.8 Å². The molecule has 0 saturated heterocycles. The lowest BCUT2D eigenvalue weighted by molar-refractivity contribution is 0.232. The first-order valence-corrected chi connectivity index (χ1v) is 8.63. The van der Waals surface area contributed by atoms with Gasteiger partial charge in [-0.15, -0.1) is 0 Å². The number of benzene rings is 1. The van der Waals surface area contributed by atoms with Gasteiger partial charge in [-0.05, 0) is 54.7 Å². The van der Waals surface area contributed by atoms with Gasteiger partial charge >= 0.3 is 6.03 Å². The van der Waals surface area contributed by atoms with Crippen molar-refractivity contribution in [1.82, 2.24) is 20.8 Å². The number of nitrogens with zero attached hydrogens (tertiary/aromatic N) is 1. The molecule has 0 spiro atoms. The molecule has 0 fully saturated rings. The number of aromatic nitrogens is 2. The van der Waals surface area contributed by atoms with Crippen molar-refractivity contribution in [3.63, 3.8) is 0 Å². The van der Waals surface area contributed by atoms with Gasteiger partial charge in [0.15, 0.2) is 0 Å². The zero-order valence-electron chi connectivity index (χ0n) is 14.5. The van der Waals surface area contributed by atoms with Crippen LogP contribution in [0.2, 0.25) is 0 Å². The fourth-order valence-corrected chi connectivity index (χ4v) is 3.47. The van der Waals surface area contributed by atoms with E-state index in [-0.39, 0.29) is 11.4 Å². The summed E-state index contributed by atoms with van der Waals surface area (Å²) in [5.74, 6) is 0. The molecule has 3 N–H and O–H groups in total. The van der Waals surface area contributed by atoms with Gasteiger partial charge in [0.25, 0.3) is 0 Å². The van der Waals surface area contributed by atoms with E-state index in [9.17, 15) is 4.79 Å². The van der Waals surface area contributed by atoms with Gasteiger partial charge in [0.05, 0.1) is 6.20 Å². The van der Waals surface area contributed by atoms with E-state index in [0.717, 1.165) is 31.4 Å². The van der Waals surface area contributed by atoms with Crippen LogP contribution in [0.5, 0.6) is 0 Å². The average Bonchev–Trinajstić information content (AvgIpc) is 3.12. The predicted molar refractivity (Wildman–Crippen MR) is 95.0 cm³/mol.